The molecule has 0 fully saturated rings. The van der Waals surface area contributed by atoms with Gasteiger partial charge in [-0.1, -0.05) is 44.5 Å². The van der Waals surface area contributed by atoms with E-state index in [1.807, 2.05) is 30.3 Å². The lowest BCUT2D eigenvalue weighted by molar-refractivity contribution is 0.464. The third kappa shape index (κ3) is 2.73. The summed E-state index contributed by atoms with van der Waals surface area (Å²) in [4.78, 5) is 0. The van der Waals surface area contributed by atoms with Crippen molar-refractivity contribution in [2.45, 2.75) is 32.1 Å². The molecule has 19 heavy (non-hydrogen) atoms. The fraction of sp³-hybridized carbons (Fsp3) is 0.294. The van der Waals surface area contributed by atoms with Crippen molar-refractivity contribution in [3.8, 4) is 11.5 Å². The van der Waals surface area contributed by atoms with E-state index in [1.165, 1.54) is 0 Å². The molecule has 0 heterocycles. The predicted molar refractivity (Wildman–Crippen MR) is 77.6 cm³/mol. The number of hydrogen-bond donors (Lipinski definition) is 2. The third-order valence-corrected chi connectivity index (χ3v) is 3.74. The van der Waals surface area contributed by atoms with Crippen LogP contribution >= 0.6 is 0 Å². The van der Waals surface area contributed by atoms with Gasteiger partial charge in [-0.3, -0.25) is 0 Å². The maximum absolute atomic E-state index is 9.70. The molecule has 2 aromatic carbocycles. The van der Waals surface area contributed by atoms with Gasteiger partial charge in [-0.2, -0.15) is 0 Å². The van der Waals surface area contributed by atoms with E-state index in [2.05, 4.69) is 13.8 Å². The highest BCUT2D eigenvalue weighted by molar-refractivity contribution is 5.42. The highest BCUT2D eigenvalue weighted by Crippen LogP contribution is 2.38. The maximum Gasteiger partial charge on any atom is 0.115 e. The summed E-state index contributed by atoms with van der Waals surface area (Å²) >= 11 is 0. The Hall–Kier alpha value is -1.96. The molecular weight excluding hydrogens is 236 g/mol. The molecule has 2 nitrogen and oxygen atoms in total. The average molecular weight is 256 g/mol. The van der Waals surface area contributed by atoms with Gasteiger partial charge in [0.1, 0.15) is 11.5 Å². The van der Waals surface area contributed by atoms with Crippen LogP contribution in [0.2, 0.25) is 0 Å². The summed E-state index contributed by atoms with van der Waals surface area (Å²) in [5.41, 5.74) is 2.10. The van der Waals surface area contributed by atoms with Gasteiger partial charge >= 0.3 is 0 Å². The summed E-state index contributed by atoms with van der Waals surface area (Å²) in [5.74, 6) is 0.567. The van der Waals surface area contributed by atoms with E-state index in [9.17, 15) is 10.2 Å². The number of phenols is 2. The number of hydrogen-bond acceptors (Lipinski definition) is 2. The predicted octanol–water partition coefficient (Wildman–Crippen LogP) is 4.20. The van der Waals surface area contributed by atoms with Crippen LogP contribution in [0.1, 0.15) is 37.8 Å². The monoisotopic (exact) mass is 256 g/mol. The average Bonchev–Trinajstić information content (AvgIpc) is 2.39. The smallest absolute Gasteiger partial charge is 0.115 e. The lowest BCUT2D eigenvalue weighted by atomic mass is 9.73. The maximum atomic E-state index is 9.70. The second kappa shape index (κ2) is 5.35. The summed E-state index contributed by atoms with van der Waals surface area (Å²) in [6.07, 6.45) is 2.04. The molecule has 0 bridgehead atoms. The molecule has 2 rings (SSSR count). The minimum absolute atomic E-state index is 0.152. The number of rotatable bonds is 4. The molecule has 1 unspecified atom stereocenters. The van der Waals surface area contributed by atoms with E-state index in [1.54, 1.807) is 18.2 Å². The van der Waals surface area contributed by atoms with Gasteiger partial charge in [0.2, 0.25) is 0 Å². The molecule has 0 amide bonds. The lowest BCUT2D eigenvalue weighted by Crippen LogP contribution is -2.23. The Morgan fingerprint density at radius 1 is 0.895 bits per heavy atom. The standard InChI is InChI=1S/C17H20O2/c1-3-11-17(2,13-7-9-15(18)10-8-13)14-5-4-6-16(19)12-14/h4-10,12,18-19H,3,11H2,1-2H3. The first-order chi connectivity index (χ1) is 9.06. The van der Waals surface area contributed by atoms with Crippen LogP contribution in [-0.4, -0.2) is 10.2 Å². The zero-order chi connectivity index (χ0) is 13.9. The summed E-state index contributed by atoms with van der Waals surface area (Å²) in [7, 11) is 0. The lowest BCUT2D eigenvalue weighted by Gasteiger charge is -2.31. The number of benzene rings is 2. The molecule has 2 aromatic rings. The highest BCUT2D eigenvalue weighted by atomic mass is 16.3. The van der Waals surface area contributed by atoms with Crippen LogP contribution < -0.4 is 0 Å². The van der Waals surface area contributed by atoms with Crippen LogP contribution in [0.3, 0.4) is 0 Å². The molecule has 2 heteroatoms. The van der Waals surface area contributed by atoms with Crippen LogP contribution in [0, 0.1) is 0 Å². The molecule has 2 N–H and O–H groups in total. The normalized spacial score (nSPS) is 14.0. The van der Waals surface area contributed by atoms with Gasteiger partial charge in [0.15, 0.2) is 0 Å². The van der Waals surface area contributed by atoms with Crippen molar-refractivity contribution in [3.63, 3.8) is 0 Å². The zero-order valence-electron chi connectivity index (χ0n) is 11.4. The SMILES string of the molecule is CCCC(C)(c1ccc(O)cc1)c1cccc(O)c1. The van der Waals surface area contributed by atoms with E-state index in [-0.39, 0.29) is 11.2 Å². The molecular formula is C17H20O2. The second-order valence-electron chi connectivity index (χ2n) is 5.18. The Morgan fingerprint density at radius 3 is 2.16 bits per heavy atom. The van der Waals surface area contributed by atoms with E-state index in [4.69, 9.17) is 0 Å². The van der Waals surface area contributed by atoms with Crippen molar-refractivity contribution >= 4 is 0 Å². The Bertz CT molecular complexity index is 545. The van der Waals surface area contributed by atoms with Gasteiger partial charge in [-0.05, 0) is 41.8 Å². The van der Waals surface area contributed by atoms with Gasteiger partial charge in [0, 0.05) is 5.41 Å². The van der Waals surface area contributed by atoms with E-state index < -0.39 is 0 Å². The minimum atomic E-state index is -0.152. The molecule has 0 aliphatic rings. The summed E-state index contributed by atoms with van der Waals surface area (Å²) < 4.78 is 0. The Kier molecular flexibility index (Phi) is 3.79. The van der Waals surface area contributed by atoms with Gasteiger partial charge in [0.05, 0.1) is 0 Å². The third-order valence-electron chi connectivity index (χ3n) is 3.74. The Labute approximate surface area is 114 Å². The Balaban J connectivity index is 2.50. The zero-order valence-corrected chi connectivity index (χ0v) is 11.4. The summed E-state index contributed by atoms with van der Waals surface area (Å²) in [5, 5.41) is 19.1. The van der Waals surface area contributed by atoms with Gasteiger partial charge in [-0.15, -0.1) is 0 Å². The van der Waals surface area contributed by atoms with Crippen molar-refractivity contribution < 1.29 is 10.2 Å². The van der Waals surface area contributed by atoms with Crippen LogP contribution in [-0.2, 0) is 5.41 Å². The van der Waals surface area contributed by atoms with E-state index >= 15 is 0 Å². The molecule has 0 aliphatic heterocycles. The highest BCUT2D eigenvalue weighted by Gasteiger charge is 2.28. The quantitative estimate of drug-likeness (QED) is 0.860. The van der Waals surface area contributed by atoms with Crippen molar-refractivity contribution in [2.24, 2.45) is 0 Å². The Morgan fingerprint density at radius 2 is 1.58 bits per heavy atom. The number of aromatic hydroxyl groups is 2. The molecule has 0 aliphatic carbocycles. The fourth-order valence-electron chi connectivity index (χ4n) is 2.63. The van der Waals surface area contributed by atoms with Crippen LogP contribution in [0.4, 0.5) is 0 Å². The molecule has 0 spiro atoms. The van der Waals surface area contributed by atoms with Crippen LogP contribution in [0.15, 0.2) is 48.5 Å². The molecule has 100 valence electrons. The first kappa shape index (κ1) is 13.5. The molecule has 0 saturated carbocycles. The molecule has 0 aromatic heterocycles. The first-order valence-electron chi connectivity index (χ1n) is 6.65. The number of phenolic OH excluding ortho intramolecular Hbond substituents is 2. The largest absolute Gasteiger partial charge is 0.508 e. The van der Waals surface area contributed by atoms with Crippen molar-refractivity contribution in [1.82, 2.24) is 0 Å². The van der Waals surface area contributed by atoms with E-state index in [0.717, 1.165) is 24.0 Å². The molecule has 0 saturated heterocycles. The second-order valence-corrected chi connectivity index (χ2v) is 5.18. The van der Waals surface area contributed by atoms with Gasteiger partial charge in [-0.25, -0.2) is 0 Å². The van der Waals surface area contributed by atoms with Crippen molar-refractivity contribution in [3.05, 3.63) is 59.7 Å². The minimum Gasteiger partial charge on any atom is -0.508 e. The topological polar surface area (TPSA) is 40.5 Å². The van der Waals surface area contributed by atoms with Crippen LogP contribution in [0.5, 0.6) is 11.5 Å². The summed E-state index contributed by atoms with van der Waals surface area (Å²) in [6, 6.07) is 14.8. The summed E-state index contributed by atoms with van der Waals surface area (Å²) in [6.45, 7) is 4.33. The van der Waals surface area contributed by atoms with Gasteiger partial charge in [0.25, 0.3) is 0 Å². The molecule has 0 radical (unpaired) electrons. The van der Waals surface area contributed by atoms with Crippen LogP contribution in [0.25, 0.3) is 0 Å². The van der Waals surface area contributed by atoms with Gasteiger partial charge < -0.3 is 10.2 Å². The fourth-order valence-corrected chi connectivity index (χ4v) is 2.63. The first-order valence-corrected chi connectivity index (χ1v) is 6.65. The van der Waals surface area contributed by atoms with E-state index in [0.29, 0.717) is 5.75 Å². The van der Waals surface area contributed by atoms with Crippen molar-refractivity contribution in [1.29, 1.82) is 0 Å². The molecule has 1 atom stereocenters. The van der Waals surface area contributed by atoms with Crippen molar-refractivity contribution in [2.75, 3.05) is 0 Å².